The van der Waals surface area contributed by atoms with Gasteiger partial charge in [0.1, 0.15) is 0 Å². The van der Waals surface area contributed by atoms with Crippen molar-refractivity contribution >= 4 is 22.9 Å². The summed E-state index contributed by atoms with van der Waals surface area (Å²) in [6.07, 6.45) is 2.51. The number of aryl methyl sites for hydroxylation is 2. The van der Waals surface area contributed by atoms with Gasteiger partial charge in [0.25, 0.3) is 0 Å². The standard InChI is InChI=1S/C6H5ClS/c7-6-3-4-1-2-5(4)8-6/h3H,1-2H2. The highest BCUT2D eigenvalue weighted by Crippen LogP contribution is 2.34. The Morgan fingerprint density at radius 3 is 2.62 bits per heavy atom. The number of halogens is 1. The van der Waals surface area contributed by atoms with Gasteiger partial charge in [-0.2, -0.15) is 0 Å². The Hall–Kier alpha value is -0.0100. The molecule has 1 aliphatic rings. The molecule has 0 unspecified atom stereocenters. The summed E-state index contributed by atoms with van der Waals surface area (Å²) in [5.74, 6) is 0. The van der Waals surface area contributed by atoms with E-state index in [4.69, 9.17) is 11.6 Å². The van der Waals surface area contributed by atoms with Gasteiger partial charge in [-0.25, -0.2) is 0 Å². The monoisotopic (exact) mass is 144 g/mol. The Balaban J connectivity index is 2.61. The summed E-state index contributed by atoms with van der Waals surface area (Å²) >= 11 is 7.45. The largest absolute Gasteiger partial charge is 0.128 e. The fourth-order valence-corrected chi connectivity index (χ4v) is 2.27. The minimum atomic E-state index is 0.951. The highest BCUT2D eigenvalue weighted by atomic mass is 35.5. The van der Waals surface area contributed by atoms with Crippen molar-refractivity contribution in [1.82, 2.24) is 0 Å². The molecule has 1 aromatic rings. The molecule has 1 aliphatic carbocycles. The lowest BCUT2D eigenvalue weighted by molar-refractivity contribution is 0.872. The van der Waals surface area contributed by atoms with Crippen LogP contribution < -0.4 is 0 Å². The molecule has 0 aliphatic heterocycles. The molecular formula is C6H5ClS. The first-order valence-corrected chi connectivity index (χ1v) is 3.83. The van der Waals surface area contributed by atoms with Crippen molar-refractivity contribution in [2.24, 2.45) is 0 Å². The van der Waals surface area contributed by atoms with Gasteiger partial charge < -0.3 is 0 Å². The second-order valence-corrected chi connectivity index (χ2v) is 3.77. The molecule has 0 atom stereocenters. The lowest BCUT2D eigenvalue weighted by Gasteiger charge is -2.09. The molecule has 1 aromatic heterocycles. The van der Waals surface area contributed by atoms with Crippen LogP contribution in [0.1, 0.15) is 10.4 Å². The Morgan fingerprint density at radius 1 is 1.50 bits per heavy atom. The van der Waals surface area contributed by atoms with Crippen molar-refractivity contribution in [2.45, 2.75) is 12.8 Å². The number of hydrogen-bond acceptors (Lipinski definition) is 1. The van der Waals surface area contributed by atoms with Crippen LogP contribution in [0, 0.1) is 0 Å². The molecule has 0 saturated carbocycles. The van der Waals surface area contributed by atoms with Gasteiger partial charge >= 0.3 is 0 Å². The maximum absolute atomic E-state index is 5.72. The number of hydrogen-bond donors (Lipinski definition) is 0. The second kappa shape index (κ2) is 1.49. The Bertz CT molecular complexity index is 193. The third kappa shape index (κ3) is 0.517. The van der Waals surface area contributed by atoms with Gasteiger partial charge in [0.2, 0.25) is 0 Å². The van der Waals surface area contributed by atoms with Crippen LogP contribution in [0.2, 0.25) is 4.34 Å². The summed E-state index contributed by atoms with van der Waals surface area (Å²) < 4.78 is 0.951. The fraction of sp³-hybridized carbons (Fsp3) is 0.333. The molecule has 0 fully saturated rings. The molecule has 2 rings (SSSR count). The van der Waals surface area contributed by atoms with E-state index in [1.54, 1.807) is 11.3 Å². The van der Waals surface area contributed by atoms with Crippen molar-refractivity contribution in [3.05, 3.63) is 20.8 Å². The van der Waals surface area contributed by atoms with Gasteiger partial charge in [0.05, 0.1) is 4.34 Å². The smallest absolute Gasteiger partial charge is 0.0934 e. The Morgan fingerprint density at radius 2 is 2.38 bits per heavy atom. The van der Waals surface area contributed by atoms with E-state index in [2.05, 4.69) is 6.07 Å². The molecule has 2 heteroatoms. The molecule has 0 nitrogen and oxygen atoms in total. The molecule has 0 radical (unpaired) electrons. The van der Waals surface area contributed by atoms with E-state index in [1.165, 1.54) is 23.3 Å². The average molecular weight is 145 g/mol. The van der Waals surface area contributed by atoms with Crippen LogP contribution in [-0.2, 0) is 12.8 Å². The van der Waals surface area contributed by atoms with E-state index in [0.717, 1.165) is 4.34 Å². The maximum Gasteiger partial charge on any atom is 0.0934 e. The van der Waals surface area contributed by atoms with Gasteiger partial charge in [-0.1, -0.05) is 11.6 Å². The summed E-state index contributed by atoms with van der Waals surface area (Å²) in [5.41, 5.74) is 1.47. The molecule has 0 bridgehead atoms. The summed E-state index contributed by atoms with van der Waals surface area (Å²) in [6, 6.07) is 2.07. The van der Waals surface area contributed by atoms with E-state index in [0.29, 0.717) is 0 Å². The summed E-state index contributed by atoms with van der Waals surface area (Å²) in [6.45, 7) is 0. The molecule has 0 saturated heterocycles. The molecular weight excluding hydrogens is 140 g/mol. The molecule has 0 aromatic carbocycles. The third-order valence-electron chi connectivity index (χ3n) is 1.49. The van der Waals surface area contributed by atoms with E-state index in [-0.39, 0.29) is 0 Å². The minimum absolute atomic E-state index is 0.951. The molecule has 0 spiro atoms. The van der Waals surface area contributed by atoms with E-state index >= 15 is 0 Å². The van der Waals surface area contributed by atoms with Gasteiger partial charge in [0, 0.05) is 4.88 Å². The van der Waals surface area contributed by atoms with Crippen molar-refractivity contribution in [1.29, 1.82) is 0 Å². The van der Waals surface area contributed by atoms with Gasteiger partial charge in [0.15, 0.2) is 0 Å². The van der Waals surface area contributed by atoms with Crippen molar-refractivity contribution in [2.75, 3.05) is 0 Å². The average Bonchev–Trinajstić information content (AvgIpc) is 1.91. The quantitative estimate of drug-likeness (QED) is 0.525. The van der Waals surface area contributed by atoms with Crippen molar-refractivity contribution in [3.8, 4) is 0 Å². The SMILES string of the molecule is Clc1cc2c(s1)CC2. The van der Waals surface area contributed by atoms with E-state index in [9.17, 15) is 0 Å². The highest BCUT2D eigenvalue weighted by Gasteiger charge is 2.15. The lowest BCUT2D eigenvalue weighted by Crippen LogP contribution is -2.01. The zero-order valence-electron chi connectivity index (χ0n) is 4.28. The predicted molar refractivity (Wildman–Crippen MR) is 36.7 cm³/mol. The van der Waals surface area contributed by atoms with Crippen LogP contribution in [0.3, 0.4) is 0 Å². The van der Waals surface area contributed by atoms with Crippen molar-refractivity contribution in [3.63, 3.8) is 0 Å². The Labute approximate surface area is 57.1 Å². The number of rotatable bonds is 0. The lowest BCUT2D eigenvalue weighted by atomic mass is 9.99. The first-order valence-electron chi connectivity index (χ1n) is 2.63. The van der Waals surface area contributed by atoms with Crippen LogP contribution in [-0.4, -0.2) is 0 Å². The predicted octanol–water partition coefficient (Wildman–Crippen LogP) is 2.50. The molecule has 8 heavy (non-hydrogen) atoms. The van der Waals surface area contributed by atoms with Crippen LogP contribution in [0.25, 0.3) is 0 Å². The van der Waals surface area contributed by atoms with Crippen LogP contribution in [0.15, 0.2) is 6.07 Å². The third-order valence-corrected chi connectivity index (χ3v) is 2.85. The van der Waals surface area contributed by atoms with Crippen molar-refractivity contribution < 1.29 is 0 Å². The highest BCUT2D eigenvalue weighted by molar-refractivity contribution is 7.16. The number of thiophene rings is 1. The topological polar surface area (TPSA) is 0 Å². The van der Waals surface area contributed by atoms with E-state index < -0.39 is 0 Å². The normalized spacial score (nSPS) is 15.1. The van der Waals surface area contributed by atoms with Gasteiger partial charge in [-0.15, -0.1) is 11.3 Å². The Kier molecular flexibility index (Phi) is 0.897. The van der Waals surface area contributed by atoms with Gasteiger partial charge in [-0.3, -0.25) is 0 Å². The molecule has 0 N–H and O–H groups in total. The first kappa shape index (κ1) is 4.83. The van der Waals surface area contributed by atoms with Crippen LogP contribution in [0.5, 0.6) is 0 Å². The zero-order chi connectivity index (χ0) is 5.56. The molecule has 42 valence electrons. The molecule has 0 amide bonds. The van der Waals surface area contributed by atoms with Crippen LogP contribution in [0.4, 0.5) is 0 Å². The fourth-order valence-electron chi connectivity index (χ4n) is 0.925. The summed E-state index contributed by atoms with van der Waals surface area (Å²) in [7, 11) is 0. The van der Waals surface area contributed by atoms with Crippen LogP contribution >= 0.6 is 22.9 Å². The number of fused-ring (bicyclic) bond motifs is 1. The summed E-state index contributed by atoms with van der Waals surface area (Å²) in [4.78, 5) is 1.50. The minimum Gasteiger partial charge on any atom is -0.128 e. The molecule has 1 heterocycles. The van der Waals surface area contributed by atoms with Gasteiger partial charge in [-0.05, 0) is 24.5 Å². The summed E-state index contributed by atoms with van der Waals surface area (Å²) in [5, 5.41) is 0. The zero-order valence-corrected chi connectivity index (χ0v) is 5.85. The second-order valence-electron chi connectivity index (χ2n) is 2.00. The maximum atomic E-state index is 5.72. The van der Waals surface area contributed by atoms with E-state index in [1.807, 2.05) is 0 Å². The first-order chi connectivity index (χ1) is 3.86.